The van der Waals surface area contributed by atoms with Crippen LogP contribution >= 0.6 is 0 Å². The highest BCUT2D eigenvalue weighted by atomic mass is 19.4. The molecule has 0 unspecified atom stereocenters. The molecule has 1 N–H and O–H groups in total. The number of carbonyl (C=O) groups excluding carboxylic acids is 1. The Kier molecular flexibility index (Phi) is 4.84. The number of nitrogens with one attached hydrogen (secondary N) is 1. The lowest BCUT2D eigenvalue weighted by Crippen LogP contribution is -2.42. The minimum Gasteiger partial charge on any atom is -0.324 e. The van der Waals surface area contributed by atoms with E-state index in [0.717, 1.165) is 21.4 Å². The normalized spacial score (nSPS) is 11.7. The summed E-state index contributed by atoms with van der Waals surface area (Å²) in [5.74, 6) is -0.630. The number of carbonyl (C=O) groups is 1. The van der Waals surface area contributed by atoms with Crippen LogP contribution in [-0.4, -0.2) is 20.0 Å². The number of pyridine rings is 1. The van der Waals surface area contributed by atoms with Gasteiger partial charge in [0.15, 0.2) is 0 Å². The van der Waals surface area contributed by atoms with Crippen molar-refractivity contribution in [2.45, 2.75) is 12.7 Å². The van der Waals surface area contributed by atoms with Crippen molar-refractivity contribution in [3.63, 3.8) is 0 Å². The average Bonchev–Trinajstić information content (AvgIpc) is 2.74. The summed E-state index contributed by atoms with van der Waals surface area (Å²) in [6.07, 6.45) is -4.72. The number of rotatable bonds is 3. The summed E-state index contributed by atoms with van der Waals surface area (Å²) in [7, 11) is 1.19. The first-order valence-corrected chi connectivity index (χ1v) is 9.12. The predicted molar refractivity (Wildman–Crippen MR) is 109 cm³/mol. The molecule has 31 heavy (non-hydrogen) atoms. The maximum absolute atomic E-state index is 12.9. The fourth-order valence-corrected chi connectivity index (χ4v) is 3.34. The quantitative estimate of drug-likeness (QED) is 0.544. The van der Waals surface area contributed by atoms with Gasteiger partial charge in [0.25, 0.3) is 5.56 Å². The standard InChI is InChI=1S/C21H15F3N4O3/c1-27-18-14(9-10-16(26-18)21(22,23)24)19(30)28(20(27)31)11-17(29)25-15-8-4-6-12-5-2-3-7-13(12)15/h2-10H,11H2,1H3,(H,25,29). The lowest BCUT2D eigenvalue weighted by Gasteiger charge is -2.13. The molecule has 158 valence electrons. The number of anilines is 1. The largest absolute Gasteiger partial charge is 0.433 e. The lowest BCUT2D eigenvalue weighted by molar-refractivity contribution is -0.141. The first-order valence-electron chi connectivity index (χ1n) is 9.12. The Bertz CT molecular complexity index is 1450. The van der Waals surface area contributed by atoms with Crippen LogP contribution in [0.4, 0.5) is 18.9 Å². The Morgan fingerprint density at radius 1 is 1.00 bits per heavy atom. The van der Waals surface area contributed by atoms with Gasteiger partial charge in [-0.25, -0.2) is 9.78 Å². The van der Waals surface area contributed by atoms with E-state index >= 15 is 0 Å². The number of halogens is 3. The van der Waals surface area contributed by atoms with Crippen molar-refractivity contribution >= 4 is 33.4 Å². The molecule has 4 aromatic rings. The highest BCUT2D eigenvalue weighted by molar-refractivity contribution is 6.02. The molecule has 0 saturated carbocycles. The Morgan fingerprint density at radius 2 is 1.71 bits per heavy atom. The highest BCUT2D eigenvalue weighted by Gasteiger charge is 2.33. The molecule has 0 bridgehead atoms. The van der Waals surface area contributed by atoms with Crippen LogP contribution in [0.1, 0.15) is 5.69 Å². The summed E-state index contributed by atoms with van der Waals surface area (Å²) in [6.45, 7) is -0.605. The topological polar surface area (TPSA) is 86.0 Å². The van der Waals surface area contributed by atoms with Crippen molar-refractivity contribution in [3.8, 4) is 0 Å². The number of amides is 1. The van der Waals surface area contributed by atoms with Crippen LogP contribution in [0.5, 0.6) is 0 Å². The number of hydrogen-bond donors (Lipinski definition) is 1. The van der Waals surface area contributed by atoms with Crippen LogP contribution in [0, 0.1) is 0 Å². The third kappa shape index (κ3) is 3.67. The molecular weight excluding hydrogens is 413 g/mol. The molecule has 10 heteroatoms. The summed E-state index contributed by atoms with van der Waals surface area (Å²) in [6, 6.07) is 14.3. The first kappa shape index (κ1) is 20.3. The van der Waals surface area contributed by atoms with Gasteiger partial charge >= 0.3 is 11.9 Å². The van der Waals surface area contributed by atoms with Gasteiger partial charge < -0.3 is 5.32 Å². The second-order valence-corrected chi connectivity index (χ2v) is 6.87. The minimum absolute atomic E-state index is 0.201. The SMILES string of the molecule is Cn1c(=O)n(CC(=O)Nc2cccc3ccccc23)c(=O)c2ccc(C(F)(F)F)nc21. The molecule has 7 nitrogen and oxygen atoms in total. The summed E-state index contributed by atoms with van der Waals surface area (Å²) < 4.78 is 40.3. The van der Waals surface area contributed by atoms with E-state index in [9.17, 15) is 27.6 Å². The molecule has 0 aliphatic carbocycles. The summed E-state index contributed by atoms with van der Waals surface area (Å²) in [5.41, 5.74) is -2.97. The van der Waals surface area contributed by atoms with E-state index in [2.05, 4.69) is 10.3 Å². The van der Waals surface area contributed by atoms with E-state index in [0.29, 0.717) is 16.3 Å². The number of benzene rings is 2. The molecule has 2 heterocycles. The van der Waals surface area contributed by atoms with Crippen molar-refractivity contribution in [3.05, 3.63) is 81.1 Å². The Morgan fingerprint density at radius 3 is 2.45 bits per heavy atom. The lowest BCUT2D eigenvalue weighted by atomic mass is 10.1. The molecule has 1 amide bonds. The molecule has 0 aliphatic rings. The van der Waals surface area contributed by atoms with Gasteiger partial charge in [-0.2, -0.15) is 13.2 Å². The molecule has 4 rings (SSSR count). The number of fused-ring (bicyclic) bond motifs is 2. The number of alkyl halides is 3. The van der Waals surface area contributed by atoms with Gasteiger partial charge in [-0.05, 0) is 23.6 Å². The van der Waals surface area contributed by atoms with E-state index < -0.39 is 41.2 Å². The van der Waals surface area contributed by atoms with Crippen LogP contribution in [0.2, 0.25) is 0 Å². The van der Waals surface area contributed by atoms with Crippen LogP contribution < -0.4 is 16.6 Å². The van der Waals surface area contributed by atoms with Crippen LogP contribution in [-0.2, 0) is 24.6 Å². The predicted octanol–water partition coefficient (Wildman–Crippen LogP) is 2.91. The van der Waals surface area contributed by atoms with Crippen LogP contribution in [0.25, 0.3) is 21.8 Å². The number of aryl methyl sites for hydroxylation is 1. The third-order valence-corrected chi connectivity index (χ3v) is 4.84. The average molecular weight is 428 g/mol. The molecular formula is C21H15F3N4O3. The second kappa shape index (κ2) is 7.38. The molecule has 0 atom stereocenters. The Hall–Kier alpha value is -3.95. The smallest absolute Gasteiger partial charge is 0.324 e. The number of nitrogens with zero attached hydrogens (tertiary/aromatic N) is 3. The molecule has 2 aromatic heterocycles. The van der Waals surface area contributed by atoms with E-state index in [1.54, 1.807) is 12.1 Å². The molecule has 0 radical (unpaired) electrons. The Labute approximate surface area is 172 Å². The first-order chi connectivity index (χ1) is 14.7. The van der Waals surface area contributed by atoms with Crippen molar-refractivity contribution in [1.29, 1.82) is 0 Å². The van der Waals surface area contributed by atoms with Gasteiger partial charge in [-0.15, -0.1) is 0 Å². The zero-order valence-electron chi connectivity index (χ0n) is 16.1. The molecule has 0 saturated heterocycles. The van der Waals surface area contributed by atoms with Crippen molar-refractivity contribution in [1.82, 2.24) is 14.1 Å². The maximum atomic E-state index is 12.9. The van der Waals surface area contributed by atoms with E-state index in [1.807, 2.05) is 30.3 Å². The second-order valence-electron chi connectivity index (χ2n) is 6.87. The minimum atomic E-state index is -4.72. The van der Waals surface area contributed by atoms with Gasteiger partial charge in [-0.1, -0.05) is 36.4 Å². The summed E-state index contributed by atoms with van der Waals surface area (Å²) in [4.78, 5) is 41.3. The highest BCUT2D eigenvalue weighted by Crippen LogP contribution is 2.28. The van der Waals surface area contributed by atoms with Gasteiger partial charge in [-0.3, -0.25) is 18.7 Å². The third-order valence-electron chi connectivity index (χ3n) is 4.84. The fourth-order valence-electron chi connectivity index (χ4n) is 3.34. The number of aromatic nitrogens is 3. The van der Waals surface area contributed by atoms with Crippen molar-refractivity contribution < 1.29 is 18.0 Å². The van der Waals surface area contributed by atoms with Gasteiger partial charge in [0.05, 0.1) is 5.39 Å². The summed E-state index contributed by atoms with van der Waals surface area (Å²) in [5, 5.41) is 4.15. The van der Waals surface area contributed by atoms with Crippen LogP contribution in [0.15, 0.2) is 64.2 Å². The fraction of sp³-hybridized carbons (Fsp3) is 0.143. The van der Waals surface area contributed by atoms with Crippen molar-refractivity contribution in [2.24, 2.45) is 7.05 Å². The molecule has 0 aliphatic heterocycles. The monoisotopic (exact) mass is 428 g/mol. The molecule has 0 spiro atoms. The van der Waals surface area contributed by atoms with Gasteiger partial charge in [0, 0.05) is 18.1 Å². The van der Waals surface area contributed by atoms with E-state index in [1.165, 1.54) is 7.05 Å². The maximum Gasteiger partial charge on any atom is 0.433 e. The van der Waals surface area contributed by atoms with E-state index in [-0.39, 0.29) is 5.39 Å². The zero-order valence-corrected chi connectivity index (χ0v) is 16.1. The van der Waals surface area contributed by atoms with Crippen LogP contribution in [0.3, 0.4) is 0 Å². The number of hydrogen-bond acceptors (Lipinski definition) is 4. The molecule has 0 fully saturated rings. The van der Waals surface area contributed by atoms with Crippen molar-refractivity contribution in [2.75, 3.05) is 5.32 Å². The van der Waals surface area contributed by atoms with Gasteiger partial charge in [0.1, 0.15) is 17.9 Å². The Balaban J connectivity index is 1.72. The van der Waals surface area contributed by atoms with Gasteiger partial charge in [0.2, 0.25) is 5.91 Å². The molecule has 2 aromatic carbocycles. The zero-order chi connectivity index (χ0) is 22.3. The van der Waals surface area contributed by atoms with E-state index in [4.69, 9.17) is 0 Å². The summed E-state index contributed by atoms with van der Waals surface area (Å²) >= 11 is 0.